The lowest BCUT2D eigenvalue weighted by Gasteiger charge is -2.25. The van der Waals surface area contributed by atoms with Crippen LogP contribution in [-0.4, -0.2) is 57.4 Å². The van der Waals surface area contributed by atoms with Gasteiger partial charge in [-0.1, -0.05) is 66.0 Å². The van der Waals surface area contributed by atoms with Crippen LogP contribution >= 0.6 is 22.6 Å². The highest BCUT2D eigenvalue weighted by Crippen LogP contribution is 2.24. The molecule has 0 radical (unpaired) electrons. The van der Waals surface area contributed by atoms with Crippen molar-refractivity contribution < 1.29 is 4.79 Å². The summed E-state index contributed by atoms with van der Waals surface area (Å²) >= 11 is 2.26. The van der Waals surface area contributed by atoms with Crippen molar-refractivity contribution in [3.63, 3.8) is 0 Å². The second-order valence-corrected chi connectivity index (χ2v) is 9.37. The summed E-state index contributed by atoms with van der Waals surface area (Å²) in [5.41, 5.74) is 0.903. The van der Waals surface area contributed by atoms with Gasteiger partial charge in [0.15, 0.2) is 5.82 Å². The highest BCUT2D eigenvalue weighted by molar-refractivity contribution is 14.1. The molecule has 1 heterocycles. The molecule has 1 N–H and O–H groups in total. The number of anilines is 1. The standard InChI is InChI=1S/C25H34IN5O/c1-19(16-20-10-5-4-6-11-20)25(32)31(18-26)17-23-28-22-13-8-7-12-21(22)24(29-23)27-14-9-15-30(2)3/h4-8,10,12-13,19-20H,9,11,14-18H2,1-3H3,(H,27,28,29). The summed E-state index contributed by atoms with van der Waals surface area (Å²) in [4.78, 5) is 26.8. The molecule has 0 bridgehead atoms. The molecule has 1 aliphatic rings. The van der Waals surface area contributed by atoms with E-state index < -0.39 is 0 Å². The highest BCUT2D eigenvalue weighted by Gasteiger charge is 2.23. The van der Waals surface area contributed by atoms with Crippen LogP contribution in [-0.2, 0) is 11.3 Å². The largest absolute Gasteiger partial charge is 0.369 e. The number of rotatable bonds is 11. The maximum Gasteiger partial charge on any atom is 0.226 e. The number of halogens is 1. The van der Waals surface area contributed by atoms with E-state index in [2.05, 4.69) is 71.2 Å². The maximum absolute atomic E-state index is 13.2. The zero-order valence-corrected chi connectivity index (χ0v) is 21.5. The average Bonchev–Trinajstić information content (AvgIpc) is 2.80. The fourth-order valence-corrected chi connectivity index (χ4v) is 4.53. The molecule has 1 amide bonds. The Morgan fingerprint density at radius 1 is 1.25 bits per heavy atom. The zero-order chi connectivity index (χ0) is 22.9. The van der Waals surface area contributed by atoms with Gasteiger partial charge in [-0.15, -0.1) is 0 Å². The minimum Gasteiger partial charge on any atom is -0.369 e. The Kier molecular flexibility index (Phi) is 9.47. The Labute approximate surface area is 205 Å². The lowest BCUT2D eigenvalue weighted by atomic mass is 9.90. The van der Waals surface area contributed by atoms with E-state index in [0.29, 0.717) is 22.8 Å². The van der Waals surface area contributed by atoms with Gasteiger partial charge in [0.25, 0.3) is 0 Å². The Morgan fingerprint density at radius 2 is 2.06 bits per heavy atom. The predicted molar refractivity (Wildman–Crippen MR) is 141 cm³/mol. The van der Waals surface area contributed by atoms with Gasteiger partial charge >= 0.3 is 0 Å². The third-order valence-corrected chi connectivity index (χ3v) is 6.48. The van der Waals surface area contributed by atoms with Crippen molar-refractivity contribution in [2.45, 2.75) is 32.7 Å². The molecular formula is C25H34IN5O. The number of carbonyl (C=O) groups is 1. The molecule has 0 saturated carbocycles. The average molecular weight is 547 g/mol. The number of hydrogen-bond donors (Lipinski definition) is 1. The second kappa shape index (κ2) is 12.3. The Bertz CT molecular complexity index is 958. The third kappa shape index (κ3) is 7.00. The Balaban J connectivity index is 1.71. The third-order valence-electron chi connectivity index (χ3n) is 5.66. The zero-order valence-electron chi connectivity index (χ0n) is 19.3. The van der Waals surface area contributed by atoms with Gasteiger partial charge in [-0.3, -0.25) is 4.79 Å². The molecule has 3 rings (SSSR count). The van der Waals surface area contributed by atoms with Gasteiger partial charge in [0, 0.05) is 17.8 Å². The van der Waals surface area contributed by atoms with Gasteiger partial charge in [-0.05, 0) is 58.0 Å². The first-order valence-electron chi connectivity index (χ1n) is 11.3. The van der Waals surface area contributed by atoms with Crippen molar-refractivity contribution in [1.29, 1.82) is 0 Å². The first kappa shape index (κ1) is 24.6. The Morgan fingerprint density at radius 3 is 2.78 bits per heavy atom. The van der Waals surface area contributed by atoms with Gasteiger partial charge < -0.3 is 15.1 Å². The summed E-state index contributed by atoms with van der Waals surface area (Å²) in [6.45, 7) is 4.31. The van der Waals surface area contributed by atoms with Gasteiger partial charge in [-0.25, -0.2) is 9.97 Å². The quantitative estimate of drug-likeness (QED) is 0.188. The molecule has 172 valence electrons. The highest BCUT2D eigenvalue weighted by atomic mass is 127. The summed E-state index contributed by atoms with van der Waals surface area (Å²) in [6, 6.07) is 8.05. The number of hydrogen-bond acceptors (Lipinski definition) is 5. The van der Waals surface area contributed by atoms with Crippen LogP contribution < -0.4 is 5.32 Å². The number of allylic oxidation sites excluding steroid dienone is 4. The normalized spacial score (nSPS) is 16.5. The van der Waals surface area contributed by atoms with E-state index in [1.165, 1.54) is 0 Å². The van der Waals surface area contributed by atoms with Crippen LogP contribution in [0.5, 0.6) is 0 Å². The molecular weight excluding hydrogens is 513 g/mol. The number of nitrogens with zero attached hydrogens (tertiary/aromatic N) is 4. The molecule has 0 aliphatic heterocycles. The second-order valence-electron chi connectivity index (χ2n) is 8.69. The number of aromatic nitrogens is 2. The molecule has 1 aromatic heterocycles. The first-order chi connectivity index (χ1) is 15.5. The summed E-state index contributed by atoms with van der Waals surface area (Å²) in [7, 11) is 4.16. The van der Waals surface area contributed by atoms with Crippen molar-refractivity contribution in [1.82, 2.24) is 19.8 Å². The van der Waals surface area contributed by atoms with E-state index in [1.54, 1.807) is 0 Å². The predicted octanol–water partition coefficient (Wildman–Crippen LogP) is 4.87. The summed E-state index contributed by atoms with van der Waals surface area (Å²) in [6.07, 6.45) is 11.4. The SMILES string of the molecule is CC(CC1C=CC=CC1)C(=O)N(CI)Cc1nc(NCCCN(C)C)c2ccccc2n1. The van der Waals surface area contributed by atoms with Crippen LogP contribution in [0.4, 0.5) is 5.82 Å². The van der Waals surface area contributed by atoms with E-state index in [4.69, 9.17) is 9.97 Å². The van der Waals surface area contributed by atoms with Crippen LogP contribution in [0, 0.1) is 11.8 Å². The molecule has 6 nitrogen and oxygen atoms in total. The molecule has 7 heteroatoms. The van der Waals surface area contributed by atoms with Crippen LogP contribution in [0.15, 0.2) is 48.6 Å². The molecule has 0 saturated heterocycles. The molecule has 1 aliphatic carbocycles. The number of carbonyl (C=O) groups excluding carboxylic acids is 1. The van der Waals surface area contributed by atoms with Crippen molar-refractivity contribution >= 4 is 45.2 Å². The summed E-state index contributed by atoms with van der Waals surface area (Å²) in [5.74, 6) is 2.09. The monoisotopic (exact) mass is 547 g/mol. The number of alkyl halides is 1. The number of para-hydroxylation sites is 1. The number of nitrogens with one attached hydrogen (secondary N) is 1. The van der Waals surface area contributed by atoms with Crippen molar-refractivity contribution in [2.24, 2.45) is 11.8 Å². The van der Waals surface area contributed by atoms with Crippen molar-refractivity contribution in [2.75, 3.05) is 37.1 Å². The van der Waals surface area contributed by atoms with E-state index >= 15 is 0 Å². The maximum atomic E-state index is 13.2. The molecule has 2 unspecified atom stereocenters. The minimum atomic E-state index is -0.0324. The van der Waals surface area contributed by atoms with Gasteiger partial charge in [0.1, 0.15) is 5.82 Å². The fourth-order valence-electron chi connectivity index (χ4n) is 3.96. The molecule has 32 heavy (non-hydrogen) atoms. The molecule has 2 atom stereocenters. The fraction of sp³-hybridized carbons (Fsp3) is 0.480. The first-order valence-corrected chi connectivity index (χ1v) is 12.8. The van der Waals surface area contributed by atoms with Gasteiger partial charge in [-0.2, -0.15) is 0 Å². The molecule has 2 aromatic rings. The van der Waals surface area contributed by atoms with E-state index in [-0.39, 0.29) is 11.8 Å². The number of amides is 1. The van der Waals surface area contributed by atoms with Crippen LogP contribution in [0.2, 0.25) is 0 Å². The van der Waals surface area contributed by atoms with Crippen molar-refractivity contribution in [3.8, 4) is 0 Å². The molecule has 0 fully saturated rings. The lowest BCUT2D eigenvalue weighted by Crippen LogP contribution is -2.35. The van der Waals surface area contributed by atoms with Crippen molar-refractivity contribution in [3.05, 3.63) is 54.4 Å². The summed E-state index contributed by atoms with van der Waals surface area (Å²) in [5, 5.41) is 4.50. The molecule has 1 aromatic carbocycles. The van der Waals surface area contributed by atoms with E-state index in [9.17, 15) is 4.79 Å². The van der Waals surface area contributed by atoms with Crippen LogP contribution in [0.1, 0.15) is 32.0 Å². The summed E-state index contributed by atoms with van der Waals surface area (Å²) < 4.78 is 0.614. The van der Waals surface area contributed by atoms with Gasteiger partial charge in [0.2, 0.25) is 5.91 Å². The number of benzene rings is 1. The van der Waals surface area contributed by atoms with Crippen LogP contribution in [0.25, 0.3) is 10.9 Å². The lowest BCUT2D eigenvalue weighted by molar-refractivity contribution is -0.134. The number of fused-ring (bicyclic) bond motifs is 1. The van der Waals surface area contributed by atoms with Gasteiger partial charge in [0.05, 0.1) is 16.6 Å². The smallest absolute Gasteiger partial charge is 0.226 e. The Hall–Kier alpha value is -2.00. The minimum absolute atomic E-state index is 0.0324. The van der Waals surface area contributed by atoms with E-state index in [1.807, 2.05) is 36.1 Å². The molecule has 0 spiro atoms. The van der Waals surface area contributed by atoms with E-state index in [0.717, 1.165) is 49.1 Å². The topological polar surface area (TPSA) is 61.4 Å². The van der Waals surface area contributed by atoms with Crippen LogP contribution in [0.3, 0.4) is 0 Å².